The molecule has 1 aromatic heterocycles. The van der Waals surface area contributed by atoms with Crippen LogP contribution in [0.4, 0.5) is 29.9 Å². The predicted octanol–water partition coefficient (Wildman–Crippen LogP) is 5.65. The third kappa shape index (κ3) is 6.32. The molecule has 0 atom stereocenters. The summed E-state index contributed by atoms with van der Waals surface area (Å²) in [6.07, 6.45) is 5.29. The SMILES string of the molecule is COc1ccc(S(F)(F)(F)(F)F)cc1NC(=O)N[C@H]1CC[C@H](Oc2ncccn2)CC1. The van der Waals surface area contributed by atoms with Gasteiger partial charge in [0.1, 0.15) is 16.7 Å². The second kappa shape index (κ2) is 7.70. The molecule has 13 heteroatoms. The monoisotopic (exact) mass is 468 g/mol. The van der Waals surface area contributed by atoms with Gasteiger partial charge in [-0.05, 0) is 49.9 Å². The van der Waals surface area contributed by atoms with Gasteiger partial charge in [0.2, 0.25) is 0 Å². The first-order valence-corrected chi connectivity index (χ1v) is 11.2. The van der Waals surface area contributed by atoms with Gasteiger partial charge >= 0.3 is 22.3 Å². The van der Waals surface area contributed by atoms with Gasteiger partial charge in [-0.15, -0.1) is 0 Å². The Hall–Kier alpha value is -2.83. The third-order valence-electron chi connectivity index (χ3n) is 4.69. The van der Waals surface area contributed by atoms with E-state index < -0.39 is 26.8 Å². The zero-order valence-electron chi connectivity index (χ0n) is 16.4. The van der Waals surface area contributed by atoms with Gasteiger partial charge in [0.05, 0.1) is 12.8 Å². The van der Waals surface area contributed by atoms with Crippen molar-refractivity contribution >= 4 is 21.9 Å². The minimum atomic E-state index is -9.90. The normalized spacial score (nSPS) is 21.4. The van der Waals surface area contributed by atoms with Gasteiger partial charge in [0.25, 0.3) is 0 Å². The molecule has 1 fully saturated rings. The van der Waals surface area contributed by atoms with Crippen LogP contribution in [0, 0.1) is 0 Å². The van der Waals surface area contributed by atoms with E-state index in [0.717, 1.165) is 13.2 Å². The van der Waals surface area contributed by atoms with Crippen LogP contribution < -0.4 is 20.1 Å². The van der Waals surface area contributed by atoms with Crippen LogP contribution in [0.1, 0.15) is 25.7 Å². The van der Waals surface area contributed by atoms with E-state index in [1.54, 1.807) is 18.5 Å². The van der Waals surface area contributed by atoms with Crippen LogP contribution in [0.5, 0.6) is 11.8 Å². The topological polar surface area (TPSA) is 85.4 Å². The molecule has 0 bridgehead atoms. The van der Waals surface area contributed by atoms with Crippen LogP contribution in [-0.2, 0) is 0 Å². The van der Waals surface area contributed by atoms with Gasteiger partial charge in [-0.1, -0.05) is 19.4 Å². The second-order valence-electron chi connectivity index (χ2n) is 7.05. The molecule has 1 aromatic carbocycles. The number of halogens is 5. The zero-order chi connectivity index (χ0) is 22.8. The van der Waals surface area contributed by atoms with E-state index in [0.29, 0.717) is 25.7 Å². The van der Waals surface area contributed by atoms with Crippen molar-refractivity contribution in [3.63, 3.8) is 0 Å². The fourth-order valence-corrected chi connectivity index (χ4v) is 3.85. The number of benzene rings is 1. The number of nitrogens with zero attached hydrogens (tertiary/aromatic N) is 2. The highest BCUT2D eigenvalue weighted by Gasteiger charge is 2.65. The molecule has 2 amide bonds. The fraction of sp³-hybridized carbons (Fsp3) is 0.389. The van der Waals surface area contributed by atoms with E-state index in [1.165, 1.54) is 0 Å². The maximum atomic E-state index is 13.1. The molecule has 7 nitrogen and oxygen atoms in total. The van der Waals surface area contributed by atoms with Gasteiger partial charge in [-0.3, -0.25) is 0 Å². The molecule has 0 aliphatic heterocycles. The molecule has 0 radical (unpaired) electrons. The number of carbonyl (C=O) groups excluding carboxylic acids is 1. The molecule has 1 heterocycles. The Bertz CT molecular complexity index is 939. The molecule has 172 valence electrons. The number of hydrogen-bond donors (Lipinski definition) is 2. The lowest BCUT2D eigenvalue weighted by Gasteiger charge is -2.40. The molecule has 0 spiro atoms. The van der Waals surface area contributed by atoms with Crippen LogP contribution in [0.2, 0.25) is 0 Å². The Morgan fingerprint density at radius 1 is 1.06 bits per heavy atom. The predicted molar refractivity (Wildman–Crippen MR) is 105 cm³/mol. The Kier molecular flexibility index (Phi) is 5.67. The smallest absolute Gasteiger partial charge is 0.319 e. The highest BCUT2D eigenvalue weighted by atomic mass is 32.5. The summed E-state index contributed by atoms with van der Waals surface area (Å²) in [6.45, 7) is 0. The van der Waals surface area contributed by atoms with Crippen molar-refractivity contribution in [3.8, 4) is 11.8 Å². The largest absolute Gasteiger partial charge is 0.495 e. The van der Waals surface area contributed by atoms with Crippen molar-refractivity contribution in [2.75, 3.05) is 12.4 Å². The minimum absolute atomic E-state index is 0.127. The lowest BCUT2D eigenvalue weighted by molar-refractivity contribution is 0.129. The summed E-state index contributed by atoms with van der Waals surface area (Å²) in [5.41, 5.74) is -0.510. The number of amides is 2. The number of urea groups is 1. The van der Waals surface area contributed by atoms with E-state index in [2.05, 4.69) is 20.6 Å². The van der Waals surface area contributed by atoms with Crippen molar-refractivity contribution in [3.05, 3.63) is 36.7 Å². The molecule has 1 aliphatic carbocycles. The average molecular weight is 468 g/mol. The quantitative estimate of drug-likeness (QED) is 0.535. The summed E-state index contributed by atoms with van der Waals surface area (Å²) in [5.74, 6) is -0.180. The average Bonchev–Trinajstić information content (AvgIpc) is 2.68. The molecule has 3 rings (SSSR count). The lowest BCUT2D eigenvalue weighted by atomic mass is 9.93. The zero-order valence-corrected chi connectivity index (χ0v) is 17.2. The van der Waals surface area contributed by atoms with Crippen LogP contribution in [0.15, 0.2) is 41.6 Å². The Balaban J connectivity index is 1.59. The number of anilines is 1. The van der Waals surface area contributed by atoms with Crippen LogP contribution in [0.3, 0.4) is 0 Å². The van der Waals surface area contributed by atoms with Gasteiger partial charge in [0.15, 0.2) is 0 Å². The summed E-state index contributed by atoms with van der Waals surface area (Å²) >= 11 is 0. The van der Waals surface area contributed by atoms with Gasteiger partial charge < -0.3 is 20.1 Å². The van der Waals surface area contributed by atoms with Crippen molar-refractivity contribution in [1.29, 1.82) is 0 Å². The van der Waals surface area contributed by atoms with E-state index >= 15 is 0 Å². The molecular formula is C18H21F5N4O3S. The van der Waals surface area contributed by atoms with E-state index in [4.69, 9.17) is 9.47 Å². The fourth-order valence-electron chi connectivity index (χ4n) is 3.19. The number of methoxy groups -OCH3 is 1. The maximum absolute atomic E-state index is 13.1. The standard InChI is InChI=1S/C18H21F5N4O3S/c1-29-16-8-7-14(31(19,20,21,22)23)11-15(16)27-17(28)26-12-3-5-13(6-4-12)30-18-24-9-2-10-25-18/h2,7-13H,3-6H2,1H3,(H2,26,27,28)/t12-,13-. The van der Waals surface area contributed by atoms with Crippen molar-refractivity contribution in [2.45, 2.75) is 42.7 Å². The Morgan fingerprint density at radius 2 is 1.71 bits per heavy atom. The number of ether oxygens (including phenoxy) is 2. The molecule has 2 N–H and O–H groups in total. The summed E-state index contributed by atoms with van der Waals surface area (Å²) in [7, 11) is -8.75. The van der Waals surface area contributed by atoms with Crippen LogP contribution in [0.25, 0.3) is 0 Å². The summed E-state index contributed by atoms with van der Waals surface area (Å²) < 4.78 is 75.9. The van der Waals surface area contributed by atoms with Crippen molar-refractivity contribution in [2.24, 2.45) is 0 Å². The molecule has 0 unspecified atom stereocenters. The molecule has 2 aromatic rings. The number of hydrogen-bond acceptors (Lipinski definition) is 5. The van der Waals surface area contributed by atoms with E-state index in [1.807, 2.05) is 0 Å². The van der Waals surface area contributed by atoms with Crippen LogP contribution >= 0.6 is 10.2 Å². The third-order valence-corrected chi connectivity index (χ3v) is 5.83. The lowest BCUT2D eigenvalue weighted by Crippen LogP contribution is -2.41. The first kappa shape index (κ1) is 22.8. The number of carbonyl (C=O) groups is 1. The van der Waals surface area contributed by atoms with Crippen molar-refractivity contribution < 1.29 is 33.7 Å². The van der Waals surface area contributed by atoms with Gasteiger partial charge in [-0.25, -0.2) is 14.8 Å². The number of nitrogens with one attached hydrogen (secondary N) is 2. The molecular weight excluding hydrogens is 447 g/mol. The second-order valence-corrected chi connectivity index (χ2v) is 9.46. The van der Waals surface area contributed by atoms with Crippen LogP contribution in [-0.4, -0.2) is 35.3 Å². The van der Waals surface area contributed by atoms with Gasteiger partial charge in [-0.2, -0.15) is 0 Å². The first-order chi connectivity index (χ1) is 14.3. The number of aromatic nitrogens is 2. The number of rotatable bonds is 6. The maximum Gasteiger partial charge on any atom is 0.319 e. The molecule has 31 heavy (non-hydrogen) atoms. The summed E-state index contributed by atoms with van der Waals surface area (Å²) in [6, 6.07) is 1.96. The molecule has 1 aliphatic rings. The van der Waals surface area contributed by atoms with E-state index in [9.17, 15) is 24.2 Å². The highest BCUT2D eigenvalue weighted by Crippen LogP contribution is 3.02. The highest BCUT2D eigenvalue weighted by molar-refractivity contribution is 8.45. The Morgan fingerprint density at radius 3 is 2.29 bits per heavy atom. The first-order valence-electron chi connectivity index (χ1n) is 9.27. The molecule has 0 saturated heterocycles. The van der Waals surface area contributed by atoms with E-state index in [-0.39, 0.29) is 36.0 Å². The summed E-state index contributed by atoms with van der Waals surface area (Å²) in [5, 5.41) is 4.79. The van der Waals surface area contributed by atoms with Crippen molar-refractivity contribution in [1.82, 2.24) is 15.3 Å². The molecule has 1 saturated carbocycles. The minimum Gasteiger partial charge on any atom is -0.495 e. The Labute approximate surface area is 175 Å². The summed E-state index contributed by atoms with van der Waals surface area (Å²) in [4.78, 5) is 18.1. The van der Waals surface area contributed by atoms with Gasteiger partial charge in [0, 0.05) is 18.4 Å².